The maximum atomic E-state index is 12.0. The van der Waals surface area contributed by atoms with E-state index in [0.29, 0.717) is 21.3 Å². The maximum absolute atomic E-state index is 12.0. The van der Waals surface area contributed by atoms with Gasteiger partial charge in [0.25, 0.3) is 0 Å². The third-order valence-electron chi connectivity index (χ3n) is 2.80. The van der Waals surface area contributed by atoms with Gasteiger partial charge in [-0.1, -0.05) is 41.4 Å². The molecule has 0 radical (unpaired) electrons. The summed E-state index contributed by atoms with van der Waals surface area (Å²) in [7, 11) is 0. The zero-order valence-corrected chi connectivity index (χ0v) is 12.3. The second-order valence-electron chi connectivity index (χ2n) is 4.31. The third kappa shape index (κ3) is 3.97. The van der Waals surface area contributed by atoms with Crippen molar-refractivity contribution >= 4 is 40.8 Å². The van der Waals surface area contributed by atoms with E-state index in [0.717, 1.165) is 0 Å². The maximum Gasteiger partial charge on any atom is 0.335 e. The predicted octanol–water partition coefficient (Wildman–Crippen LogP) is 3.87. The molecule has 2 aromatic rings. The van der Waals surface area contributed by atoms with Crippen molar-refractivity contribution in [3.05, 3.63) is 63.6 Å². The fourth-order valence-electron chi connectivity index (χ4n) is 1.84. The number of benzene rings is 2. The first-order valence-corrected chi connectivity index (χ1v) is 6.79. The minimum Gasteiger partial charge on any atom is -0.478 e. The number of carbonyl (C=O) groups is 2. The Morgan fingerprint density at radius 2 is 1.81 bits per heavy atom. The van der Waals surface area contributed by atoms with E-state index in [1.54, 1.807) is 30.3 Å². The Morgan fingerprint density at radius 1 is 1.10 bits per heavy atom. The number of amides is 1. The number of halogens is 2. The van der Waals surface area contributed by atoms with Crippen LogP contribution in [0.1, 0.15) is 15.9 Å². The highest BCUT2D eigenvalue weighted by Gasteiger charge is 2.13. The van der Waals surface area contributed by atoms with E-state index in [9.17, 15) is 9.59 Å². The number of nitrogens with one attached hydrogen (secondary N) is 1. The average Bonchev–Trinajstić information content (AvgIpc) is 2.43. The summed E-state index contributed by atoms with van der Waals surface area (Å²) in [6.07, 6.45) is -0.0642. The van der Waals surface area contributed by atoms with Gasteiger partial charge in [-0.2, -0.15) is 0 Å². The smallest absolute Gasteiger partial charge is 0.335 e. The molecule has 0 bridgehead atoms. The first kappa shape index (κ1) is 15.4. The molecule has 2 aromatic carbocycles. The van der Waals surface area contributed by atoms with Crippen molar-refractivity contribution in [3.63, 3.8) is 0 Å². The quantitative estimate of drug-likeness (QED) is 0.897. The predicted molar refractivity (Wildman–Crippen MR) is 82.2 cm³/mol. The molecule has 0 heterocycles. The van der Waals surface area contributed by atoms with Crippen molar-refractivity contribution in [2.75, 3.05) is 5.32 Å². The molecule has 2 N–H and O–H groups in total. The van der Waals surface area contributed by atoms with Gasteiger partial charge in [0.05, 0.1) is 22.7 Å². The van der Waals surface area contributed by atoms with Crippen molar-refractivity contribution in [2.24, 2.45) is 0 Å². The molecule has 0 unspecified atom stereocenters. The molecule has 0 aliphatic rings. The topological polar surface area (TPSA) is 66.4 Å². The number of carbonyl (C=O) groups excluding carboxylic acids is 1. The minimum absolute atomic E-state index is 0.0642. The lowest BCUT2D eigenvalue weighted by molar-refractivity contribution is -0.115. The van der Waals surface area contributed by atoms with Crippen LogP contribution >= 0.6 is 23.2 Å². The molecule has 0 aliphatic heterocycles. The fraction of sp³-hybridized carbons (Fsp3) is 0.0667. The molecule has 0 fully saturated rings. The summed E-state index contributed by atoms with van der Waals surface area (Å²) in [5, 5.41) is 12.5. The van der Waals surface area contributed by atoms with E-state index in [2.05, 4.69) is 5.32 Å². The van der Waals surface area contributed by atoms with Gasteiger partial charge in [-0.05, 0) is 29.8 Å². The molecule has 1 amide bonds. The van der Waals surface area contributed by atoms with Crippen LogP contribution in [0.2, 0.25) is 10.0 Å². The van der Waals surface area contributed by atoms with Crippen molar-refractivity contribution < 1.29 is 14.7 Å². The van der Waals surface area contributed by atoms with Crippen molar-refractivity contribution in [1.29, 1.82) is 0 Å². The van der Waals surface area contributed by atoms with E-state index >= 15 is 0 Å². The van der Waals surface area contributed by atoms with E-state index in [1.165, 1.54) is 12.1 Å². The molecule has 4 nitrogen and oxygen atoms in total. The Labute approximate surface area is 131 Å². The van der Waals surface area contributed by atoms with Gasteiger partial charge in [0.15, 0.2) is 0 Å². The van der Waals surface area contributed by atoms with Crippen LogP contribution in [0.5, 0.6) is 0 Å². The first-order chi connectivity index (χ1) is 9.97. The first-order valence-electron chi connectivity index (χ1n) is 6.03. The monoisotopic (exact) mass is 323 g/mol. The van der Waals surface area contributed by atoms with Crippen molar-refractivity contribution in [2.45, 2.75) is 6.42 Å². The van der Waals surface area contributed by atoms with Crippen LogP contribution < -0.4 is 5.32 Å². The number of carboxylic acid groups (broad SMARTS) is 1. The summed E-state index contributed by atoms with van der Waals surface area (Å²) in [6.45, 7) is 0. The minimum atomic E-state index is -1.07. The lowest BCUT2D eigenvalue weighted by atomic mass is 10.0. The van der Waals surface area contributed by atoms with Gasteiger partial charge in [0.2, 0.25) is 5.91 Å². The van der Waals surface area contributed by atoms with Crippen LogP contribution in [-0.4, -0.2) is 17.0 Å². The summed E-state index contributed by atoms with van der Waals surface area (Å²) in [6, 6.07) is 11.1. The molecule has 0 aliphatic carbocycles. The Morgan fingerprint density at radius 3 is 2.52 bits per heavy atom. The Kier molecular flexibility index (Phi) is 4.83. The lowest BCUT2D eigenvalue weighted by Crippen LogP contribution is -2.16. The van der Waals surface area contributed by atoms with Crippen LogP contribution in [-0.2, 0) is 11.2 Å². The normalized spacial score (nSPS) is 10.2. The molecule has 0 spiro atoms. The van der Waals surface area contributed by atoms with Crippen LogP contribution in [0, 0.1) is 0 Å². The molecule has 0 saturated heterocycles. The zero-order chi connectivity index (χ0) is 15.4. The molecular weight excluding hydrogens is 313 g/mol. The van der Waals surface area contributed by atoms with Gasteiger partial charge in [-0.15, -0.1) is 0 Å². The molecule has 0 atom stereocenters. The van der Waals surface area contributed by atoms with Crippen LogP contribution in [0.4, 0.5) is 5.69 Å². The Hall–Kier alpha value is -2.04. The summed E-state index contributed by atoms with van der Waals surface area (Å²) < 4.78 is 0. The van der Waals surface area contributed by atoms with Crippen molar-refractivity contribution in [1.82, 2.24) is 0 Å². The summed E-state index contributed by atoms with van der Waals surface area (Å²) in [5.41, 5.74) is 0.924. The summed E-state index contributed by atoms with van der Waals surface area (Å²) in [5.74, 6) is -1.44. The molecule has 0 aromatic heterocycles. The molecule has 0 saturated carbocycles. The lowest BCUT2D eigenvalue weighted by Gasteiger charge is -2.09. The van der Waals surface area contributed by atoms with Crippen LogP contribution in [0.25, 0.3) is 0 Å². The van der Waals surface area contributed by atoms with E-state index in [1.807, 2.05) is 0 Å². The van der Waals surface area contributed by atoms with Gasteiger partial charge in [-0.3, -0.25) is 4.79 Å². The second-order valence-corrected chi connectivity index (χ2v) is 5.16. The van der Waals surface area contributed by atoms with Gasteiger partial charge in [0.1, 0.15) is 0 Å². The molecular formula is C15H11Cl2NO3. The number of carboxylic acids is 1. The van der Waals surface area contributed by atoms with Crippen LogP contribution in [0.3, 0.4) is 0 Å². The zero-order valence-electron chi connectivity index (χ0n) is 10.8. The average molecular weight is 324 g/mol. The van der Waals surface area contributed by atoms with Gasteiger partial charge < -0.3 is 10.4 Å². The highest BCUT2D eigenvalue weighted by Crippen LogP contribution is 2.25. The summed E-state index contributed by atoms with van der Waals surface area (Å²) >= 11 is 11.8. The van der Waals surface area contributed by atoms with Crippen molar-refractivity contribution in [3.8, 4) is 0 Å². The Bertz CT molecular complexity index is 701. The van der Waals surface area contributed by atoms with Gasteiger partial charge in [0, 0.05) is 5.02 Å². The van der Waals surface area contributed by atoms with E-state index in [-0.39, 0.29) is 17.9 Å². The van der Waals surface area contributed by atoms with E-state index in [4.69, 9.17) is 28.3 Å². The fourth-order valence-corrected chi connectivity index (χ4v) is 2.18. The number of hydrogen-bond acceptors (Lipinski definition) is 2. The van der Waals surface area contributed by atoms with Crippen LogP contribution in [0.15, 0.2) is 42.5 Å². The Balaban J connectivity index is 2.16. The molecule has 2 rings (SSSR count). The van der Waals surface area contributed by atoms with E-state index < -0.39 is 5.97 Å². The largest absolute Gasteiger partial charge is 0.478 e. The second kappa shape index (κ2) is 6.61. The van der Waals surface area contributed by atoms with Gasteiger partial charge in [-0.25, -0.2) is 4.79 Å². The summed E-state index contributed by atoms with van der Waals surface area (Å²) in [4.78, 5) is 23.1. The molecule has 6 heteroatoms. The standard InChI is InChI=1S/C15H11Cl2NO3/c16-10-5-6-12(17)13(8-10)18-14(19)7-9-3-1-2-4-11(9)15(20)21/h1-6,8H,7H2,(H,18,19)(H,20,21). The van der Waals surface area contributed by atoms with Gasteiger partial charge >= 0.3 is 5.97 Å². The molecule has 108 valence electrons. The highest BCUT2D eigenvalue weighted by molar-refractivity contribution is 6.35. The number of hydrogen-bond donors (Lipinski definition) is 2. The number of aromatic carboxylic acids is 1. The molecule has 21 heavy (non-hydrogen) atoms. The number of rotatable bonds is 4. The third-order valence-corrected chi connectivity index (χ3v) is 3.37. The SMILES string of the molecule is O=C(Cc1ccccc1C(=O)O)Nc1cc(Cl)ccc1Cl. The highest BCUT2D eigenvalue weighted by atomic mass is 35.5. The number of anilines is 1.